The Morgan fingerprint density at radius 2 is 1.57 bits per heavy atom. The summed E-state index contributed by atoms with van der Waals surface area (Å²) in [5.74, 6) is 0.112. The summed E-state index contributed by atoms with van der Waals surface area (Å²) in [5, 5.41) is 2.59. The highest BCUT2D eigenvalue weighted by atomic mass is 16.5. The fraction of sp³-hybridized carbons (Fsp3) is 0.875. The van der Waals surface area contributed by atoms with Crippen LogP contribution in [0.15, 0.2) is 0 Å². The van der Waals surface area contributed by atoms with Gasteiger partial charge in [0.25, 0.3) is 0 Å². The average Bonchev–Trinajstić information content (AvgIpc) is 3.07. The second-order valence-electron chi connectivity index (χ2n) is 6.17. The standard InChI is InChI=1S/C16H30N4O3/c1-2-23-16(22)17-6-5-15(21)20-13-11-19(12-14-20)10-9-18-7-3-4-8-18/h2-14H2,1H3,(H,17,22). The minimum absolute atomic E-state index is 0.112. The van der Waals surface area contributed by atoms with Crippen LogP contribution in [0.3, 0.4) is 0 Å². The van der Waals surface area contributed by atoms with E-state index in [1.807, 2.05) is 4.90 Å². The van der Waals surface area contributed by atoms with Crippen molar-refractivity contribution >= 4 is 12.0 Å². The topological polar surface area (TPSA) is 65.1 Å². The minimum atomic E-state index is -0.452. The third-order valence-corrected chi connectivity index (χ3v) is 4.54. The molecule has 7 nitrogen and oxygen atoms in total. The van der Waals surface area contributed by atoms with Gasteiger partial charge in [-0.15, -0.1) is 0 Å². The summed E-state index contributed by atoms with van der Waals surface area (Å²) in [7, 11) is 0. The van der Waals surface area contributed by atoms with Gasteiger partial charge >= 0.3 is 6.09 Å². The summed E-state index contributed by atoms with van der Waals surface area (Å²) in [4.78, 5) is 30.1. The molecule has 1 N–H and O–H groups in total. The smallest absolute Gasteiger partial charge is 0.407 e. The fourth-order valence-corrected chi connectivity index (χ4v) is 3.12. The maximum atomic E-state index is 12.1. The van der Waals surface area contributed by atoms with Crippen LogP contribution in [0.2, 0.25) is 0 Å². The molecule has 0 aromatic rings. The highest BCUT2D eigenvalue weighted by Crippen LogP contribution is 2.08. The van der Waals surface area contributed by atoms with Crippen LogP contribution in [0.1, 0.15) is 26.2 Å². The number of nitrogens with zero attached hydrogens (tertiary/aromatic N) is 3. The van der Waals surface area contributed by atoms with E-state index in [0.29, 0.717) is 19.6 Å². The molecule has 2 fully saturated rings. The number of piperazine rings is 1. The highest BCUT2D eigenvalue weighted by Gasteiger charge is 2.21. The van der Waals surface area contributed by atoms with Gasteiger partial charge in [0, 0.05) is 52.2 Å². The first-order chi connectivity index (χ1) is 11.2. The van der Waals surface area contributed by atoms with E-state index in [2.05, 4.69) is 15.1 Å². The highest BCUT2D eigenvalue weighted by molar-refractivity contribution is 5.77. The van der Waals surface area contributed by atoms with Crippen molar-refractivity contribution in [2.45, 2.75) is 26.2 Å². The maximum Gasteiger partial charge on any atom is 0.407 e. The molecule has 0 bridgehead atoms. The molecule has 132 valence electrons. The Morgan fingerprint density at radius 1 is 0.957 bits per heavy atom. The van der Waals surface area contributed by atoms with Gasteiger partial charge in [0.2, 0.25) is 5.91 Å². The summed E-state index contributed by atoms with van der Waals surface area (Å²) in [6, 6.07) is 0. The van der Waals surface area contributed by atoms with E-state index in [1.165, 1.54) is 25.9 Å². The first-order valence-electron chi connectivity index (χ1n) is 8.82. The molecule has 2 saturated heterocycles. The van der Waals surface area contributed by atoms with Crippen molar-refractivity contribution in [3.05, 3.63) is 0 Å². The molecule has 7 heteroatoms. The number of carbonyl (C=O) groups is 2. The normalized spacial score (nSPS) is 19.8. The molecule has 0 radical (unpaired) electrons. The van der Waals surface area contributed by atoms with E-state index in [4.69, 9.17) is 4.74 Å². The molecule has 2 aliphatic rings. The van der Waals surface area contributed by atoms with Crippen molar-refractivity contribution in [1.82, 2.24) is 20.0 Å². The molecule has 2 heterocycles. The van der Waals surface area contributed by atoms with Gasteiger partial charge in [-0.05, 0) is 32.9 Å². The number of amides is 2. The molecule has 2 aliphatic heterocycles. The molecule has 0 spiro atoms. The van der Waals surface area contributed by atoms with E-state index < -0.39 is 6.09 Å². The van der Waals surface area contributed by atoms with E-state index in [0.717, 1.165) is 39.3 Å². The molecule has 2 rings (SSSR count). The molecule has 0 unspecified atom stereocenters. The number of ether oxygens (including phenoxy) is 1. The molecule has 0 aliphatic carbocycles. The Morgan fingerprint density at radius 3 is 2.17 bits per heavy atom. The Kier molecular flexibility index (Phi) is 7.61. The third kappa shape index (κ3) is 6.35. The van der Waals surface area contributed by atoms with Gasteiger partial charge in [0.15, 0.2) is 0 Å². The number of rotatable bonds is 7. The monoisotopic (exact) mass is 326 g/mol. The van der Waals surface area contributed by atoms with Gasteiger partial charge in [-0.3, -0.25) is 9.69 Å². The number of hydrogen-bond acceptors (Lipinski definition) is 5. The molecule has 2 amide bonds. The maximum absolute atomic E-state index is 12.1. The lowest BCUT2D eigenvalue weighted by atomic mass is 10.2. The van der Waals surface area contributed by atoms with Crippen LogP contribution in [-0.4, -0.2) is 92.2 Å². The van der Waals surface area contributed by atoms with Gasteiger partial charge in [0.1, 0.15) is 0 Å². The number of likely N-dealkylation sites (tertiary alicyclic amines) is 1. The average molecular weight is 326 g/mol. The zero-order valence-corrected chi connectivity index (χ0v) is 14.3. The van der Waals surface area contributed by atoms with Crippen LogP contribution in [0.4, 0.5) is 4.79 Å². The summed E-state index contributed by atoms with van der Waals surface area (Å²) in [6.45, 7) is 10.7. The van der Waals surface area contributed by atoms with Crippen LogP contribution in [-0.2, 0) is 9.53 Å². The van der Waals surface area contributed by atoms with Crippen LogP contribution >= 0.6 is 0 Å². The Labute approximate surface area is 138 Å². The summed E-state index contributed by atoms with van der Waals surface area (Å²) >= 11 is 0. The first-order valence-corrected chi connectivity index (χ1v) is 8.82. The lowest BCUT2D eigenvalue weighted by molar-refractivity contribution is -0.132. The lowest BCUT2D eigenvalue weighted by Crippen LogP contribution is -2.50. The van der Waals surface area contributed by atoms with Gasteiger partial charge in [-0.25, -0.2) is 4.79 Å². The predicted octanol–water partition coefficient (Wildman–Crippen LogP) is 0.363. The SMILES string of the molecule is CCOC(=O)NCCC(=O)N1CCN(CCN2CCCC2)CC1. The van der Waals surface area contributed by atoms with Crippen LogP contribution in [0.5, 0.6) is 0 Å². The van der Waals surface area contributed by atoms with Crippen molar-refractivity contribution in [3.8, 4) is 0 Å². The van der Waals surface area contributed by atoms with E-state index in [1.54, 1.807) is 6.92 Å². The van der Waals surface area contributed by atoms with Crippen LogP contribution < -0.4 is 5.32 Å². The Hall–Kier alpha value is -1.34. The van der Waals surface area contributed by atoms with Crippen molar-refractivity contribution < 1.29 is 14.3 Å². The van der Waals surface area contributed by atoms with E-state index in [9.17, 15) is 9.59 Å². The number of alkyl carbamates (subject to hydrolysis) is 1. The molecule has 0 aromatic heterocycles. The molecule has 0 atom stereocenters. The second-order valence-corrected chi connectivity index (χ2v) is 6.17. The number of carbonyl (C=O) groups excluding carboxylic acids is 2. The molecule has 23 heavy (non-hydrogen) atoms. The molecule has 0 aromatic carbocycles. The van der Waals surface area contributed by atoms with Gasteiger partial charge < -0.3 is 19.9 Å². The molecular formula is C16H30N4O3. The molecular weight excluding hydrogens is 296 g/mol. The molecule has 0 saturated carbocycles. The zero-order chi connectivity index (χ0) is 16.5. The number of hydrogen-bond donors (Lipinski definition) is 1. The van der Waals surface area contributed by atoms with Crippen LogP contribution in [0.25, 0.3) is 0 Å². The minimum Gasteiger partial charge on any atom is -0.450 e. The van der Waals surface area contributed by atoms with Crippen molar-refractivity contribution in [3.63, 3.8) is 0 Å². The number of nitrogens with one attached hydrogen (secondary N) is 1. The Bertz CT molecular complexity index is 378. The largest absolute Gasteiger partial charge is 0.450 e. The van der Waals surface area contributed by atoms with E-state index >= 15 is 0 Å². The van der Waals surface area contributed by atoms with Gasteiger partial charge in [-0.1, -0.05) is 0 Å². The predicted molar refractivity (Wildman–Crippen MR) is 88.3 cm³/mol. The third-order valence-electron chi connectivity index (χ3n) is 4.54. The fourth-order valence-electron chi connectivity index (χ4n) is 3.12. The van der Waals surface area contributed by atoms with E-state index in [-0.39, 0.29) is 5.91 Å². The second kappa shape index (κ2) is 9.72. The lowest BCUT2D eigenvalue weighted by Gasteiger charge is -2.35. The van der Waals surface area contributed by atoms with Crippen molar-refractivity contribution in [2.75, 3.05) is 65.5 Å². The zero-order valence-electron chi connectivity index (χ0n) is 14.3. The van der Waals surface area contributed by atoms with Crippen molar-refractivity contribution in [2.24, 2.45) is 0 Å². The van der Waals surface area contributed by atoms with Gasteiger partial charge in [-0.2, -0.15) is 0 Å². The quantitative estimate of drug-likeness (QED) is 0.732. The Balaban J connectivity index is 1.56. The van der Waals surface area contributed by atoms with Crippen LogP contribution in [0, 0.1) is 0 Å². The summed E-state index contributed by atoms with van der Waals surface area (Å²) in [6.07, 6.45) is 2.56. The summed E-state index contributed by atoms with van der Waals surface area (Å²) < 4.78 is 4.77. The summed E-state index contributed by atoms with van der Waals surface area (Å²) in [5.41, 5.74) is 0. The van der Waals surface area contributed by atoms with Gasteiger partial charge in [0.05, 0.1) is 6.61 Å². The first kappa shape index (κ1) is 18.0. The van der Waals surface area contributed by atoms with Crippen molar-refractivity contribution in [1.29, 1.82) is 0 Å².